The second-order valence-electron chi connectivity index (χ2n) is 7.24. The average molecular weight is 388 g/mol. The number of methoxy groups -OCH3 is 1. The van der Waals surface area contributed by atoms with Gasteiger partial charge in [0.05, 0.1) is 7.11 Å². The van der Waals surface area contributed by atoms with Gasteiger partial charge in [0.1, 0.15) is 5.75 Å². The van der Waals surface area contributed by atoms with Gasteiger partial charge in [-0.2, -0.15) is 11.3 Å². The SMILES string of the molecule is COc1ccc(N(Cc2ccsc2)C2CCN([C@H](C)CC(N)=O)CC2)cc1. The fraction of sp³-hybridized carbons (Fsp3) is 0.476. The Hall–Kier alpha value is -2.05. The fourth-order valence-electron chi connectivity index (χ4n) is 3.84. The predicted octanol–water partition coefficient (Wildman–Crippen LogP) is 3.49. The van der Waals surface area contributed by atoms with Crippen LogP contribution in [0, 0.1) is 0 Å². The van der Waals surface area contributed by atoms with Gasteiger partial charge >= 0.3 is 0 Å². The molecule has 146 valence electrons. The summed E-state index contributed by atoms with van der Waals surface area (Å²) in [5.41, 5.74) is 7.94. The molecule has 1 saturated heterocycles. The van der Waals surface area contributed by atoms with Crippen molar-refractivity contribution in [2.24, 2.45) is 5.73 Å². The number of nitrogens with two attached hydrogens (primary N) is 1. The number of piperidine rings is 1. The highest BCUT2D eigenvalue weighted by Gasteiger charge is 2.27. The highest BCUT2D eigenvalue weighted by Crippen LogP contribution is 2.28. The van der Waals surface area contributed by atoms with Gasteiger partial charge in [0.15, 0.2) is 0 Å². The van der Waals surface area contributed by atoms with Crippen LogP contribution in [0.1, 0.15) is 31.7 Å². The summed E-state index contributed by atoms with van der Waals surface area (Å²) in [7, 11) is 1.70. The van der Waals surface area contributed by atoms with Crippen molar-refractivity contribution in [3.63, 3.8) is 0 Å². The maximum absolute atomic E-state index is 11.2. The number of nitrogens with zero attached hydrogens (tertiary/aromatic N) is 2. The molecule has 3 rings (SSSR count). The van der Waals surface area contributed by atoms with Gasteiger partial charge < -0.3 is 15.4 Å². The van der Waals surface area contributed by atoms with Crippen molar-refractivity contribution in [2.45, 2.75) is 44.8 Å². The van der Waals surface area contributed by atoms with Crippen molar-refractivity contribution in [2.75, 3.05) is 25.1 Å². The Labute approximate surface area is 165 Å². The summed E-state index contributed by atoms with van der Waals surface area (Å²) in [5, 5.41) is 4.36. The molecule has 2 heterocycles. The van der Waals surface area contributed by atoms with Gasteiger partial charge in [-0.05, 0) is 66.4 Å². The predicted molar refractivity (Wildman–Crippen MR) is 111 cm³/mol. The van der Waals surface area contributed by atoms with Gasteiger partial charge in [0, 0.05) is 43.8 Å². The molecular weight excluding hydrogens is 358 g/mol. The summed E-state index contributed by atoms with van der Waals surface area (Å²) in [6.07, 6.45) is 2.60. The van der Waals surface area contributed by atoms with Crippen molar-refractivity contribution in [1.82, 2.24) is 4.90 Å². The minimum atomic E-state index is -0.220. The van der Waals surface area contributed by atoms with E-state index < -0.39 is 0 Å². The number of hydrogen-bond acceptors (Lipinski definition) is 5. The first kappa shape index (κ1) is 19.7. The molecule has 27 heavy (non-hydrogen) atoms. The molecule has 1 fully saturated rings. The number of anilines is 1. The number of likely N-dealkylation sites (tertiary alicyclic amines) is 1. The molecule has 1 amide bonds. The van der Waals surface area contributed by atoms with Crippen LogP contribution in [-0.4, -0.2) is 43.1 Å². The van der Waals surface area contributed by atoms with E-state index in [2.05, 4.69) is 45.7 Å². The Morgan fingerprint density at radius 2 is 2.00 bits per heavy atom. The Balaban J connectivity index is 1.70. The summed E-state index contributed by atoms with van der Waals surface area (Å²) < 4.78 is 5.31. The Morgan fingerprint density at radius 1 is 1.30 bits per heavy atom. The lowest BCUT2D eigenvalue weighted by atomic mass is 9.99. The second kappa shape index (κ2) is 9.24. The summed E-state index contributed by atoms with van der Waals surface area (Å²) in [6, 6.07) is 11.2. The summed E-state index contributed by atoms with van der Waals surface area (Å²) in [5.74, 6) is 0.659. The van der Waals surface area contributed by atoms with Crippen LogP contribution >= 0.6 is 11.3 Å². The third-order valence-corrected chi connectivity index (χ3v) is 6.13. The largest absolute Gasteiger partial charge is 0.497 e. The zero-order valence-electron chi connectivity index (χ0n) is 16.1. The molecule has 1 atom stereocenters. The van der Waals surface area contributed by atoms with Crippen LogP contribution in [0.15, 0.2) is 41.1 Å². The molecule has 2 N–H and O–H groups in total. The molecule has 1 aromatic carbocycles. The van der Waals surface area contributed by atoms with E-state index in [4.69, 9.17) is 10.5 Å². The lowest BCUT2D eigenvalue weighted by molar-refractivity contribution is -0.119. The number of ether oxygens (including phenoxy) is 1. The van der Waals surface area contributed by atoms with E-state index in [9.17, 15) is 4.79 Å². The molecule has 5 nitrogen and oxygen atoms in total. The maximum atomic E-state index is 11.2. The Morgan fingerprint density at radius 3 is 2.56 bits per heavy atom. The zero-order valence-corrected chi connectivity index (χ0v) is 17.0. The molecule has 0 spiro atoms. The lowest BCUT2D eigenvalue weighted by Gasteiger charge is -2.41. The molecule has 0 aliphatic carbocycles. The molecule has 1 aliphatic rings. The molecule has 2 aromatic rings. The van der Waals surface area contributed by atoms with E-state index in [1.54, 1.807) is 18.4 Å². The fourth-order valence-corrected chi connectivity index (χ4v) is 4.50. The standard InChI is InChI=1S/C21H29N3O2S/c1-16(13-21(22)25)23-10-7-19(8-11-23)24(14-17-9-12-27-15-17)18-3-5-20(26-2)6-4-18/h3-6,9,12,15-16,19H,7-8,10-11,13-14H2,1-2H3,(H2,22,25)/t16-/m1/s1. The third-order valence-electron chi connectivity index (χ3n) is 5.40. The van der Waals surface area contributed by atoms with Crippen molar-refractivity contribution in [1.29, 1.82) is 0 Å². The van der Waals surface area contributed by atoms with Gasteiger partial charge in [-0.25, -0.2) is 0 Å². The summed E-state index contributed by atoms with van der Waals surface area (Å²) in [4.78, 5) is 16.1. The summed E-state index contributed by atoms with van der Waals surface area (Å²) in [6.45, 7) is 5.00. The van der Waals surface area contributed by atoms with Crippen LogP contribution in [0.4, 0.5) is 5.69 Å². The van der Waals surface area contributed by atoms with E-state index in [0.717, 1.165) is 38.2 Å². The minimum Gasteiger partial charge on any atom is -0.497 e. The Bertz CT molecular complexity index is 710. The van der Waals surface area contributed by atoms with E-state index in [1.165, 1.54) is 11.3 Å². The number of thiophene rings is 1. The first-order valence-electron chi connectivity index (χ1n) is 9.51. The molecule has 0 unspecified atom stereocenters. The third kappa shape index (κ3) is 5.23. The number of benzene rings is 1. The number of hydrogen-bond donors (Lipinski definition) is 1. The highest BCUT2D eigenvalue weighted by atomic mass is 32.1. The highest BCUT2D eigenvalue weighted by molar-refractivity contribution is 7.07. The minimum absolute atomic E-state index is 0.217. The lowest BCUT2D eigenvalue weighted by Crippen LogP contribution is -2.48. The monoisotopic (exact) mass is 387 g/mol. The van der Waals surface area contributed by atoms with Crippen LogP contribution in [0.5, 0.6) is 5.75 Å². The van der Waals surface area contributed by atoms with Gasteiger partial charge in [-0.15, -0.1) is 0 Å². The van der Waals surface area contributed by atoms with E-state index in [-0.39, 0.29) is 11.9 Å². The van der Waals surface area contributed by atoms with Gasteiger partial charge in [-0.3, -0.25) is 9.69 Å². The zero-order chi connectivity index (χ0) is 19.2. The molecule has 6 heteroatoms. The number of rotatable bonds is 8. The van der Waals surface area contributed by atoms with E-state index in [1.807, 2.05) is 12.1 Å². The summed E-state index contributed by atoms with van der Waals surface area (Å²) >= 11 is 1.74. The van der Waals surface area contributed by atoms with Crippen molar-refractivity contribution in [3.8, 4) is 5.75 Å². The molecular formula is C21H29N3O2S. The first-order chi connectivity index (χ1) is 13.1. The second-order valence-corrected chi connectivity index (χ2v) is 8.02. The van der Waals surface area contributed by atoms with Gasteiger partial charge in [0.2, 0.25) is 5.91 Å². The quantitative estimate of drug-likeness (QED) is 0.753. The van der Waals surface area contributed by atoms with E-state index >= 15 is 0 Å². The topological polar surface area (TPSA) is 58.8 Å². The van der Waals surface area contributed by atoms with Crippen LogP contribution in [-0.2, 0) is 11.3 Å². The number of carbonyl (C=O) groups is 1. The van der Waals surface area contributed by atoms with Gasteiger partial charge in [-0.1, -0.05) is 0 Å². The van der Waals surface area contributed by atoms with Crippen LogP contribution in [0.3, 0.4) is 0 Å². The number of amides is 1. The Kier molecular flexibility index (Phi) is 6.74. The number of primary amides is 1. The molecule has 1 aliphatic heterocycles. The normalized spacial score (nSPS) is 16.8. The molecule has 1 aromatic heterocycles. The van der Waals surface area contributed by atoms with E-state index in [0.29, 0.717) is 12.5 Å². The molecule has 0 radical (unpaired) electrons. The average Bonchev–Trinajstić information content (AvgIpc) is 3.19. The van der Waals surface area contributed by atoms with Crippen LogP contribution in [0.2, 0.25) is 0 Å². The van der Waals surface area contributed by atoms with Crippen molar-refractivity contribution < 1.29 is 9.53 Å². The molecule has 0 saturated carbocycles. The van der Waals surface area contributed by atoms with Crippen molar-refractivity contribution >= 4 is 22.9 Å². The number of carbonyl (C=O) groups excluding carboxylic acids is 1. The van der Waals surface area contributed by atoms with Crippen LogP contribution < -0.4 is 15.4 Å². The maximum Gasteiger partial charge on any atom is 0.218 e. The van der Waals surface area contributed by atoms with Crippen LogP contribution in [0.25, 0.3) is 0 Å². The van der Waals surface area contributed by atoms with Gasteiger partial charge in [0.25, 0.3) is 0 Å². The first-order valence-corrected chi connectivity index (χ1v) is 10.4. The van der Waals surface area contributed by atoms with Crippen molar-refractivity contribution in [3.05, 3.63) is 46.7 Å². The smallest absolute Gasteiger partial charge is 0.218 e. The molecule has 0 bridgehead atoms.